The Morgan fingerprint density at radius 2 is 2.00 bits per heavy atom. The second-order valence-corrected chi connectivity index (χ2v) is 4.67. The molecule has 1 rings (SSSR count). The summed E-state index contributed by atoms with van der Waals surface area (Å²) in [7, 11) is 0. The molecular weight excluding hydrogens is 228 g/mol. The number of para-hydroxylation sites is 1. The molecule has 18 heavy (non-hydrogen) atoms. The third kappa shape index (κ3) is 3.47. The summed E-state index contributed by atoms with van der Waals surface area (Å²) < 4.78 is 0. The Morgan fingerprint density at radius 1 is 1.39 bits per heavy atom. The first kappa shape index (κ1) is 14.5. The summed E-state index contributed by atoms with van der Waals surface area (Å²) in [6, 6.07) is 7.73. The smallest absolute Gasteiger partial charge is 0.236 e. The van der Waals surface area contributed by atoms with Crippen LogP contribution in [0.25, 0.3) is 0 Å². The molecule has 0 spiro atoms. The Bertz CT molecular complexity index is 405. The fourth-order valence-corrected chi connectivity index (χ4v) is 1.96. The van der Waals surface area contributed by atoms with Crippen molar-refractivity contribution in [1.82, 2.24) is 0 Å². The lowest BCUT2D eigenvalue weighted by atomic mass is 10.0. The predicted molar refractivity (Wildman–Crippen MR) is 73.4 cm³/mol. The Kier molecular flexibility index (Phi) is 5.16. The highest BCUT2D eigenvalue weighted by Gasteiger charge is 2.19. The third-order valence-corrected chi connectivity index (χ3v) is 2.94. The summed E-state index contributed by atoms with van der Waals surface area (Å²) in [6.07, 6.45) is 0.120. The molecule has 1 aromatic rings. The van der Waals surface area contributed by atoms with Gasteiger partial charge in [-0.3, -0.25) is 4.79 Å². The van der Waals surface area contributed by atoms with Crippen molar-refractivity contribution in [2.75, 3.05) is 11.4 Å². The third-order valence-electron chi connectivity index (χ3n) is 2.94. The highest BCUT2D eigenvalue weighted by molar-refractivity contribution is 5.80. The van der Waals surface area contributed by atoms with E-state index in [0.29, 0.717) is 6.42 Å². The number of anilines is 1. The molecule has 0 aromatic heterocycles. The lowest BCUT2D eigenvalue weighted by Gasteiger charge is -2.30. The summed E-state index contributed by atoms with van der Waals surface area (Å²) in [4.78, 5) is 13.1. The molecular formula is C14H22N2O2. The molecule has 0 aliphatic rings. The van der Waals surface area contributed by atoms with Gasteiger partial charge in [0.2, 0.25) is 5.91 Å². The van der Waals surface area contributed by atoms with Crippen LogP contribution < -0.4 is 10.6 Å². The van der Waals surface area contributed by atoms with Gasteiger partial charge in [-0.15, -0.1) is 0 Å². The second kappa shape index (κ2) is 6.40. The SMILES string of the molecule is CC[C@H](O)c1ccccc1N(CC(N)=O)C(C)C. The predicted octanol–water partition coefficient (Wildman–Crippen LogP) is 1.83. The fourth-order valence-electron chi connectivity index (χ4n) is 1.96. The minimum atomic E-state index is -0.518. The standard InChI is InChI=1S/C14H22N2O2/c1-4-13(17)11-7-5-6-8-12(11)16(10(2)3)9-14(15)18/h5-8,10,13,17H,4,9H2,1-3H3,(H2,15,18)/t13-/m0/s1. The van der Waals surface area contributed by atoms with Crippen LogP contribution in [0.1, 0.15) is 38.9 Å². The van der Waals surface area contributed by atoms with Crippen molar-refractivity contribution in [2.24, 2.45) is 5.73 Å². The van der Waals surface area contributed by atoms with Crippen LogP contribution in [0, 0.1) is 0 Å². The molecule has 0 aliphatic heterocycles. The number of carbonyl (C=O) groups is 1. The summed E-state index contributed by atoms with van der Waals surface area (Å²) in [5.74, 6) is -0.371. The van der Waals surface area contributed by atoms with E-state index in [-0.39, 0.29) is 18.5 Å². The molecule has 0 heterocycles. The molecule has 4 nitrogen and oxygen atoms in total. The highest BCUT2D eigenvalue weighted by atomic mass is 16.3. The molecule has 1 amide bonds. The van der Waals surface area contributed by atoms with Gasteiger partial charge in [0.05, 0.1) is 12.6 Å². The van der Waals surface area contributed by atoms with E-state index in [2.05, 4.69) is 0 Å². The van der Waals surface area contributed by atoms with Crippen LogP contribution in [0.4, 0.5) is 5.69 Å². The van der Waals surface area contributed by atoms with Gasteiger partial charge in [-0.05, 0) is 26.3 Å². The minimum absolute atomic E-state index is 0.141. The van der Waals surface area contributed by atoms with E-state index in [9.17, 15) is 9.90 Å². The van der Waals surface area contributed by atoms with Gasteiger partial charge < -0.3 is 15.7 Å². The monoisotopic (exact) mass is 250 g/mol. The molecule has 0 fully saturated rings. The summed E-state index contributed by atoms with van der Waals surface area (Å²) in [5.41, 5.74) is 7.00. The van der Waals surface area contributed by atoms with Crippen LogP contribution in [0.2, 0.25) is 0 Å². The molecule has 4 heteroatoms. The van der Waals surface area contributed by atoms with Gasteiger partial charge in [0, 0.05) is 17.3 Å². The number of aliphatic hydroxyl groups is 1. The van der Waals surface area contributed by atoms with Crippen molar-refractivity contribution in [1.29, 1.82) is 0 Å². The number of rotatable bonds is 6. The number of primary amides is 1. The van der Waals surface area contributed by atoms with Gasteiger partial charge in [0.15, 0.2) is 0 Å². The normalized spacial score (nSPS) is 12.5. The Balaban J connectivity index is 3.15. The van der Waals surface area contributed by atoms with Gasteiger partial charge in [-0.1, -0.05) is 25.1 Å². The number of hydrogen-bond donors (Lipinski definition) is 2. The van der Waals surface area contributed by atoms with Crippen LogP contribution in [-0.4, -0.2) is 23.6 Å². The van der Waals surface area contributed by atoms with Crippen LogP contribution in [0.5, 0.6) is 0 Å². The fraction of sp³-hybridized carbons (Fsp3) is 0.500. The first-order valence-corrected chi connectivity index (χ1v) is 6.29. The number of benzene rings is 1. The van der Waals surface area contributed by atoms with Crippen molar-refractivity contribution in [2.45, 2.75) is 39.3 Å². The number of nitrogens with two attached hydrogens (primary N) is 1. The first-order chi connectivity index (χ1) is 8.47. The van der Waals surface area contributed by atoms with E-state index >= 15 is 0 Å². The zero-order valence-electron chi connectivity index (χ0n) is 11.3. The van der Waals surface area contributed by atoms with Crippen LogP contribution in [-0.2, 0) is 4.79 Å². The van der Waals surface area contributed by atoms with Gasteiger partial charge in [-0.25, -0.2) is 0 Å². The molecule has 0 unspecified atom stereocenters. The maximum absolute atomic E-state index is 11.2. The van der Waals surface area contributed by atoms with Crippen molar-refractivity contribution in [3.63, 3.8) is 0 Å². The van der Waals surface area contributed by atoms with Crippen molar-refractivity contribution >= 4 is 11.6 Å². The van der Waals surface area contributed by atoms with Gasteiger partial charge in [0.25, 0.3) is 0 Å². The van der Waals surface area contributed by atoms with E-state index in [1.165, 1.54) is 0 Å². The van der Waals surface area contributed by atoms with E-state index in [4.69, 9.17) is 5.73 Å². The van der Waals surface area contributed by atoms with Gasteiger partial charge in [0.1, 0.15) is 0 Å². The van der Waals surface area contributed by atoms with E-state index in [1.54, 1.807) is 0 Å². The molecule has 0 saturated carbocycles. The van der Waals surface area contributed by atoms with E-state index in [0.717, 1.165) is 11.3 Å². The molecule has 3 N–H and O–H groups in total. The molecule has 0 aliphatic carbocycles. The van der Waals surface area contributed by atoms with Gasteiger partial charge >= 0.3 is 0 Å². The Morgan fingerprint density at radius 3 is 2.50 bits per heavy atom. The zero-order valence-corrected chi connectivity index (χ0v) is 11.3. The highest BCUT2D eigenvalue weighted by Crippen LogP contribution is 2.29. The van der Waals surface area contributed by atoms with Crippen LogP contribution >= 0.6 is 0 Å². The lowest BCUT2D eigenvalue weighted by molar-refractivity contribution is -0.116. The average molecular weight is 250 g/mol. The van der Waals surface area contributed by atoms with Crippen molar-refractivity contribution < 1.29 is 9.90 Å². The van der Waals surface area contributed by atoms with E-state index < -0.39 is 6.10 Å². The van der Waals surface area contributed by atoms with Crippen molar-refractivity contribution in [3.8, 4) is 0 Å². The first-order valence-electron chi connectivity index (χ1n) is 6.29. The number of nitrogens with zero attached hydrogens (tertiary/aromatic N) is 1. The molecule has 0 radical (unpaired) electrons. The average Bonchev–Trinajstić information content (AvgIpc) is 2.34. The quantitative estimate of drug-likeness (QED) is 0.809. The molecule has 0 bridgehead atoms. The number of hydrogen-bond acceptors (Lipinski definition) is 3. The summed E-state index contributed by atoms with van der Waals surface area (Å²) in [5, 5.41) is 10.0. The Hall–Kier alpha value is -1.55. The molecule has 1 atom stereocenters. The molecule has 0 saturated heterocycles. The second-order valence-electron chi connectivity index (χ2n) is 4.67. The topological polar surface area (TPSA) is 66.6 Å². The summed E-state index contributed by atoms with van der Waals surface area (Å²) >= 11 is 0. The molecule has 100 valence electrons. The summed E-state index contributed by atoms with van der Waals surface area (Å²) in [6.45, 7) is 6.08. The maximum atomic E-state index is 11.2. The Labute approximate surface area is 108 Å². The lowest BCUT2D eigenvalue weighted by Crippen LogP contribution is -2.39. The largest absolute Gasteiger partial charge is 0.388 e. The number of aliphatic hydroxyl groups excluding tert-OH is 1. The minimum Gasteiger partial charge on any atom is -0.388 e. The zero-order chi connectivity index (χ0) is 13.7. The maximum Gasteiger partial charge on any atom is 0.236 e. The van der Waals surface area contributed by atoms with Gasteiger partial charge in [-0.2, -0.15) is 0 Å². The number of amides is 1. The van der Waals surface area contributed by atoms with Crippen molar-refractivity contribution in [3.05, 3.63) is 29.8 Å². The molecule has 1 aromatic carbocycles. The van der Waals surface area contributed by atoms with E-state index in [1.807, 2.05) is 49.9 Å². The van der Waals surface area contributed by atoms with Crippen LogP contribution in [0.3, 0.4) is 0 Å². The van der Waals surface area contributed by atoms with Crippen LogP contribution in [0.15, 0.2) is 24.3 Å². The number of carbonyl (C=O) groups excluding carboxylic acids is 1.